The van der Waals surface area contributed by atoms with Gasteiger partial charge >= 0.3 is 0 Å². The zero-order valence-corrected chi connectivity index (χ0v) is 12.6. The van der Waals surface area contributed by atoms with Gasteiger partial charge in [0, 0.05) is 6.42 Å². The maximum atomic E-state index is 5.92. The van der Waals surface area contributed by atoms with Crippen LogP contribution in [0.3, 0.4) is 0 Å². The van der Waals surface area contributed by atoms with Gasteiger partial charge in [-0.3, -0.25) is 0 Å². The minimum atomic E-state index is -0.447. The Morgan fingerprint density at radius 1 is 0.909 bits per heavy atom. The lowest BCUT2D eigenvalue weighted by atomic mass is 10.2. The molecule has 2 rings (SSSR count). The molecule has 0 bridgehead atoms. The van der Waals surface area contributed by atoms with E-state index in [4.69, 9.17) is 20.6 Å². The van der Waals surface area contributed by atoms with Gasteiger partial charge in [0.25, 0.3) is 0 Å². The monoisotopic (exact) mass is 296 g/mol. The van der Waals surface area contributed by atoms with E-state index in [9.17, 15) is 0 Å². The molecule has 3 heteroatoms. The van der Waals surface area contributed by atoms with Crippen LogP contribution < -0.4 is 9.47 Å². The summed E-state index contributed by atoms with van der Waals surface area (Å²) in [7, 11) is 0. The van der Waals surface area contributed by atoms with Gasteiger partial charge in [-0.25, -0.2) is 0 Å². The molecule has 3 nitrogen and oxygen atoms in total. The maximum absolute atomic E-state index is 5.92. The van der Waals surface area contributed by atoms with E-state index in [1.807, 2.05) is 67.6 Å². The van der Waals surface area contributed by atoms with Crippen LogP contribution in [0, 0.1) is 12.3 Å². The van der Waals surface area contributed by atoms with Crippen LogP contribution in [-0.2, 0) is 4.74 Å². The highest BCUT2D eigenvalue weighted by Crippen LogP contribution is 2.19. The molecule has 0 aliphatic carbocycles. The second kappa shape index (κ2) is 8.76. The Balaban J connectivity index is 2.01. The van der Waals surface area contributed by atoms with Gasteiger partial charge in [0.1, 0.15) is 18.1 Å². The lowest BCUT2D eigenvalue weighted by molar-refractivity contribution is -0.0415. The molecule has 0 heterocycles. The van der Waals surface area contributed by atoms with E-state index < -0.39 is 6.29 Å². The van der Waals surface area contributed by atoms with Crippen molar-refractivity contribution < 1.29 is 14.2 Å². The average molecular weight is 296 g/mol. The van der Waals surface area contributed by atoms with Crippen molar-refractivity contribution in [2.24, 2.45) is 0 Å². The molecule has 114 valence electrons. The van der Waals surface area contributed by atoms with Crippen LogP contribution in [-0.4, -0.2) is 19.0 Å². The fourth-order valence-electron chi connectivity index (χ4n) is 1.95. The van der Waals surface area contributed by atoms with E-state index in [2.05, 4.69) is 5.92 Å². The molecular formula is C19H20O3. The first-order valence-electron chi connectivity index (χ1n) is 7.26. The van der Waals surface area contributed by atoms with Crippen molar-refractivity contribution in [1.82, 2.24) is 0 Å². The van der Waals surface area contributed by atoms with Gasteiger partial charge in [-0.05, 0) is 31.2 Å². The standard InChI is InChI=1S/C19H20O3/c1-3-14-20-16(2)15-19(21-17-10-6-4-7-11-17)22-18-12-8-5-9-13-18/h1,4-13,16,19H,14-15H2,2H3. The van der Waals surface area contributed by atoms with E-state index >= 15 is 0 Å². The largest absolute Gasteiger partial charge is 0.455 e. The number of benzene rings is 2. The van der Waals surface area contributed by atoms with E-state index in [0.717, 1.165) is 11.5 Å². The summed E-state index contributed by atoms with van der Waals surface area (Å²) in [5.74, 6) is 3.98. The van der Waals surface area contributed by atoms with Gasteiger partial charge in [-0.1, -0.05) is 42.3 Å². The first-order chi connectivity index (χ1) is 10.8. The van der Waals surface area contributed by atoms with Gasteiger partial charge in [-0.15, -0.1) is 6.42 Å². The van der Waals surface area contributed by atoms with Gasteiger partial charge in [-0.2, -0.15) is 0 Å². The number of ether oxygens (including phenoxy) is 3. The maximum Gasteiger partial charge on any atom is 0.243 e. The van der Waals surface area contributed by atoms with Crippen LogP contribution in [0.5, 0.6) is 11.5 Å². The zero-order valence-electron chi connectivity index (χ0n) is 12.6. The average Bonchev–Trinajstić information content (AvgIpc) is 2.55. The van der Waals surface area contributed by atoms with Crippen LogP contribution in [0.2, 0.25) is 0 Å². The summed E-state index contributed by atoms with van der Waals surface area (Å²) >= 11 is 0. The molecule has 2 aromatic carbocycles. The molecule has 1 unspecified atom stereocenters. The molecule has 0 aliphatic heterocycles. The first kappa shape index (κ1) is 15.9. The molecule has 2 aromatic rings. The summed E-state index contributed by atoms with van der Waals surface area (Å²) < 4.78 is 17.3. The van der Waals surface area contributed by atoms with Crippen LogP contribution in [0.15, 0.2) is 60.7 Å². The van der Waals surface area contributed by atoms with Crippen molar-refractivity contribution in [3.05, 3.63) is 60.7 Å². The van der Waals surface area contributed by atoms with E-state index in [-0.39, 0.29) is 12.7 Å². The van der Waals surface area contributed by atoms with Gasteiger partial charge in [0.05, 0.1) is 6.10 Å². The Morgan fingerprint density at radius 3 is 1.86 bits per heavy atom. The Hall–Kier alpha value is -2.44. The van der Waals surface area contributed by atoms with Gasteiger partial charge < -0.3 is 14.2 Å². The highest BCUT2D eigenvalue weighted by molar-refractivity contribution is 5.23. The number of para-hydroxylation sites is 2. The minimum Gasteiger partial charge on any atom is -0.455 e. The number of hydrogen-bond acceptors (Lipinski definition) is 3. The Kier molecular flexibility index (Phi) is 6.35. The number of rotatable bonds is 8. The van der Waals surface area contributed by atoms with Crippen molar-refractivity contribution in [1.29, 1.82) is 0 Å². The lowest BCUT2D eigenvalue weighted by Crippen LogP contribution is -2.29. The highest BCUT2D eigenvalue weighted by Gasteiger charge is 2.17. The molecule has 0 radical (unpaired) electrons. The third-order valence-corrected chi connectivity index (χ3v) is 3.00. The van der Waals surface area contributed by atoms with Crippen molar-refractivity contribution in [3.8, 4) is 23.8 Å². The fourth-order valence-corrected chi connectivity index (χ4v) is 1.95. The zero-order chi connectivity index (χ0) is 15.6. The summed E-state index contributed by atoms with van der Waals surface area (Å²) in [6.07, 6.45) is 5.28. The summed E-state index contributed by atoms with van der Waals surface area (Å²) in [6.45, 7) is 2.23. The SMILES string of the molecule is C#CCOC(C)CC(Oc1ccccc1)Oc1ccccc1. The van der Waals surface area contributed by atoms with Gasteiger partial charge in [0.2, 0.25) is 6.29 Å². The molecule has 0 saturated carbocycles. The summed E-state index contributed by atoms with van der Waals surface area (Å²) in [5, 5.41) is 0. The smallest absolute Gasteiger partial charge is 0.243 e. The van der Waals surface area contributed by atoms with Crippen LogP contribution >= 0.6 is 0 Å². The third kappa shape index (κ3) is 5.51. The fraction of sp³-hybridized carbons (Fsp3) is 0.263. The molecule has 0 saturated heterocycles. The van der Waals surface area contributed by atoms with Crippen molar-refractivity contribution in [3.63, 3.8) is 0 Å². The normalized spacial score (nSPS) is 11.7. The predicted molar refractivity (Wildman–Crippen MR) is 86.8 cm³/mol. The lowest BCUT2D eigenvalue weighted by Gasteiger charge is -2.23. The molecular weight excluding hydrogens is 276 g/mol. The van der Waals surface area contributed by atoms with E-state index in [1.165, 1.54) is 0 Å². The molecule has 0 N–H and O–H groups in total. The molecule has 22 heavy (non-hydrogen) atoms. The Bertz CT molecular complexity index is 533. The van der Waals surface area contributed by atoms with Crippen molar-refractivity contribution >= 4 is 0 Å². The summed E-state index contributed by atoms with van der Waals surface area (Å²) in [4.78, 5) is 0. The highest BCUT2D eigenvalue weighted by atomic mass is 16.7. The number of hydrogen-bond donors (Lipinski definition) is 0. The van der Waals surface area contributed by atoms with E-state index in [1.54, 1.807) is 0 Å². The number of terminal acetylenes is 1. The second-order valence-electron chi connectivity index (χ2n) is 4.85. The molecule has 0 aliphatic rings. The first-order valence-corrected chi connectivity index (χ1v) is 7.26. The molecule has 0 amide bonds. The predicted octanol–water partition coefficient (Wildman–Crippen LogP) is 3.90. The quantitative estimate of drug-likeness (QED) is 0.546. The summed E-state index contributed by atoms with van der Waals surface area (Å²) in [6, 6.07) is 19.2. The Morgan fingerprint density at radius 2 is 1.41 bits per heavy atom. The minimum absolute atomic E-state index is 0.0616. The molecule has 0 aromatic heterocycles. The van der Waals surface area contributed by atoms with Crippen LogP contribution in [0.1, 0.15) is 13.3 Å². The summed E-state index contributed by atoms with van der Waals surface area (Å²) in [5.41, 5.74) is 0. The topological polar surface area (TPSA) is 27.7 Å². The van der Waals surface area contributed by atoms with Gasteiger partial charge in [0.15, 0.2) is 0 Å². The van der Waals surface area contributed by atoms with Crippen LogP contribution in [0.25, 0.3) is 0 Å². The molecule has 1 atom stereocenters. The second-order valence-corrected chi connectivity index (χ2v) is 4.85. The molecule has 0 spiro atoms. The third-order valence-electron chi connectivity index (χ3n) is 3.00. The van der Waals surface area contributed by atoms with E-state index in [0.29, 0.717) is 6.42 Å². The molecule has 0 fully saturated rings. The van der Waals surface area contributed by atoms with Crippen LogP contribution in [0.4, 0.5) is 0 Å². The Labute approximate surface area is 131 Å². The van der Waals surface area contributed by atoms with Crippen molar-refractivity contribution in [2.45, 2.75) is 25.7 Å². The van der Waals surface area contributed by atoms with Crippen molar-refractivity contribution in [2.75, 3.05) is 6.61 Å².